The molecular weight excluding hydrogens is 310 g/mol. The second-order valence-corrected chi connectivity index (χ2v) is 6.11. The molecule has 0 aliphatic carbocycles. The van der Waals surface area contributed by atoms with Crippen molar-refractivity contribution in [2.75, 3.05) is 11.9 Å². The largest absolute Gasteiger partial charge is 0.396 e. The Labute approximate surface area is 138 Å². The van der Waals surface area contributed by atoms with E-state index in [1.165, 1.54) is 0 Å². The Bertz CT molecular complexity index is 792. The number of carbonyl (C=O) groups excluding carboxylic acids is 1. The van der Waals surface area contributed by atoms with E-state index in [-0.39, 0.29) is 12.5 Å². The molecule has 6 heteroatoms. The summed E-state index contributed by atoms with van der Waals surface area (Å²) in [6.07, 6.45) is 2.34. The number of carbonyl (C=O) groups is 1. The molecular formula is C17H17N3O2S. The van der Waals surface area contributed by atoms with Crippen LogP contribution in [0.1, 0.15) is 15.9 Å². The average molecular weight is 327 g/mol. The first-order chi connectivity index (χ1) is 11.2. The first-order valence-electron chi connectivity index (χ1n) is 7.26. The van der Waals surface area contributed by atoms with Crippen LogP contribution in [0.25, 0.3) is 10.6 Å². The molecule has 3 aromatic rings. The van der Waals surface area contributed by atoms with E-state index in [2.05, 4.69) is 10.4 Å². The van der Waals surface area contributed by atoms with Crippen LogP contribution >= 0.6 is 11.3 Å². The van der Waals surface area contributed by atoms with Gasteiger partial charge in [-0.3, -0.25) is 9.48 Å². The van der Waals surface area contributed by atoms with Crippen LogP contribution in [0.15, 0.2) is 48.0 Å². The average Bonchev–Trinajstić information content (AvgIpc) is 3.18. The summed E-state index contributed by atoms with van der Waals surface area (Å²) in [4.78, 5) is 13.5. The molecule has 23 heavy (non-hydrogen) atoms. The second kappa shape index (κ2) is 6.76. The highest BCUT2D eigenvalue weighted by atomic mass is 32.1. The molecule has 0 fully saturated rings. The normalized spacial score (nSPS) is 10.7. The van der Waals surface area contributed by atoms with Crippen LogP contribution in [-0.4, -0.2) is 27.4 Å². The number of rotatable bonds is 5. The number of nitrogens with one attached hydrogen (secondary N) is 1. The first kappa shape index (κ1) is 15.5. The van der Waals surface area contributed by atoms with E-state index in [0.717, 1.165) is 16.1 Å². The molecule has 0 aliphatic heterocycles. The molecule has 5 nitrogen and oxygen atoms in total. The highest BCUT2D eigenvalue weighted by Crippen LogP contribution is 2.27. The summed E-state index contributed by atoms with van der Waals surface area (Å²) >= 11 is 1.56. The van der Waals surface area contributed by atoms with Crippen molar-refractivity contribution in [1.82, 2.24) is 9.78 Å². The number of aliphatic hydroxyl groups is 1. The summed E-state index contributed by atoms with van der Waals surface area (Å²) in [6, 6.07) is 11.4. The SMILES string of the molecule is Cn1cc(C(=O)Nc2ccc(CCO)cc2)c(-c2cccs2)n1. The lowest BCUT2D eigenvalue weighted by molar-refractivity contribution is 0.102. The van der Waals surface area contributed by atoms with Crippen molar-refractivity contribution in [2.24, 2.45) is 7.05 Å². The molecule has 0 atom stereocenters. The van der Waals surface area contributed by atoms with E-state index in [1.807, 2.05) is 41.8 Å². The molecule has 0 radical (unpaired) electrons. The molecule has 2 aromatic heterocycles. The minimum atomic E-state index is -0.184. The van der Waals surface area contributed by atoms with Gasteiger partial charge in [-0.15, -0.1) is 11.3 Å². The zero-order valence-electron chi connectivity index (χ0n) is 12.7. The fourth-order valence-electron chi connectivity index (χ4n) is 2.33. The lowest BCUT2D eigenvalue weighted by atomic mass is 10.1. The zero-order valence-corrected chi connectivity index (χ0v) is 13.5. The number of aryl methyl sites for hydroxylation is 1. The minimum absolute atomic E-state index is 0.117. The van der Waals surface area contributed by atoms with Crippen molar-refractivity contribution in [2.45, 2.75) is 6.42 Å². The van der Waals surface area contributed by atoms with Gasteiger partial charge in [-0.25, -0.2) is 0 Å². The monoisotopic (exact) mass is 327 g/mol. The number of hydrogen-bond acceptors (Lipinski definition) is 4. The first-order valence-corrected chi connectivity index (χ1v) is 8.14. The predicted octanol–water partition coefficient (Wildman–Crippen LogP) is 2.94. The van der Waals surface area contributed by atoms with Gasteiger partial charge in [0, 0.05) is 25.5 Å². The van der Waals surface area contributed by atoms with Gasteiger partial charge < -0.3 is 10.4 Å². The van der Waals surface area contributed by atoms with Crippen LogP contribution < -0.4 is 5.32 Å². The van der Waals surface area contributed by atoms with Crippen molar-refractivity contribution in [3.63, 3.8) is 0 Å². The maximum absolute atomic E-state index is 12.6. The lowest BCUT2D eigenvalue weighted by Gasteiger charge is -2.06. The lowest BCUT2D eigenvalue weighted by Crippen LogP contribution is -2.12. The predicted molar refractivity (Wildman–Crippen MR) is 91.7 cm³/mol. The molecule has 1 amide bonds. The molecule has 1 aromatic carbocycles. The van der Waals surface area contributed by atoms with Crippen molar-refractivity contribution >= 4 is 22.9 Å². The van der Waals surface area contributed by atoms with Gasteiger partial charge in [0.05, 0.1) is 10.4 Å². The number of aromatic nitrogens is 2. The summed E-state index contributed by atoms with van der Waals surface area (Å²) in [5.74, 6) is -0.184. The maximum atomic E-state index is 12.6. The quantitative estimate of drug-likeness (QED) is 0.757. The van der Waals surface area contributed by atoms with Crippen molar-refractivity contribution in [3.8, 4) is 10.6 Å². The second-order valence-electron chi connectivity index (χ2n) is 5.17. The Kier molecular flexibility index (Phi) is 4.55. The molecule has 0 aliphatic rings. The van der Waals surface area contributed by atoms with Crippen LogP contribution in [0.2, 0.25) is 0 Å². The standard InChI is InChI=1S/C17H17N3O2S/c1-20-11-14(16(19-20)15-3-2-10-23-15)17(22)18-13-6-4-12(5-7-13)8-9-21/h2-7,10-11,21H,8-9H2,1H3,(H,18,22). The number of amides is 1. The number of anilines is 1. The Morgan fingerprint density at radius 2 is 2.09 bits per heavy atom. The summed E-state index contributed by atoms with van der Waals surface area (Å²) in [7, 11) is 1.80. The van der Waals surface area contributed by atoms with Crippen LogP contribution in [0.4, 0.5) is 5.69 Å². The van der Waals surface area contributed by atoms with E-state index >= 15 is 0 Å². The molecule has 0 unspecified atom stereocenters. The van der Waals surface area contributed by atoms with Gasteiger partial charge >= 0.3 is 0 Å². The van der Waals surface area contributed by atoms with Crippen molar-refractivity contribution in [1.29, 1.82) is 0 Å². The third-order valence-corrected chi connectivity index (χ3v) is 4.32. The molecule has 0 saturated heterocycles. The Hall–Kier alpha value is -2.44. The molecule has 0 saturated carbocycles. The van der Waals surface area contributed by atoms with Crippen molar-refractivity contribution in [3.05, 3.63) is 59.1 Å². The smallest absolute Gasteiger partial charge is 0.259 e. The van der Waals surface area contributed by atoms with E-state index < -0.39 is 0 Å². The third-order valence-electron chi connectivity index (χ3n) is 3.44. The van der Waals surface area contributed by atoms with E-state index in [9.17, 15) is 4.79 Å². The van der Waals surface area contributed by atoms with Gasteiger partial charge in [0.15, 0.2) is 0 Å². The topological polar surface area (TPSA) is 67.2 Å². The van der Waals surface area contributed by atoms with Gasteiger partial charge in [-0.1, -0.05) is 18.2 Å². The number of hydrogen-bond donors (Lipinski definition) is 2. The van der Waals surface area contributed by atoms with Gasteiger partial charge in [0.25, 0.3) is 5.91 Å². The number of benzene rings is 1. The minimum Gasteiger partial charge on any atom is -0.396 e. The van der Waals surface area contributed by atoms with Gasteiger partial charge in [-0.05, 0) is 35.6 Å². The zero-order chi connectivity index (χ0) is 16.2. The molecule has 3 rings (SSSR count). The van der Waals surface area contributed by atoms with Gasteiger partial charge in [-0.2, -0.15) is 5.10 Å². The molecule has 2 N–H and O–H groups in total. The number of aliphatic hydroxyl groups excluding tert-OH is 1. The maximum Gasteiger partial charge on any atom is 0.259 e. The summed E-state index contributed by atoms with van der Waals surface area (Å²) in [6.45, 7) is 0.117. The van der Waals surface area contributed by atoms with Crippen LogP contribution in [0, 0.1) is 0 Å². The Morgan fingerprint density at radius 3 is 2.74 bits per heavy atom. The fourth-order valence-corrected chi connectivity index (χ4v) is 3.06. The number of nitrogens with zero attached hydrogens (tertiary/aromatic N) is 2. The molecule has 0 spiro atoms. The number of thiophene rings is 1. The molecule has 2 heterocycles. The molecule has 0 bridgehead atoms. The Morgan fingerprint density at radius 1 is 1.30 bits per heavy atom. The van der Waals surface area contributed by atoms with E-state index in [1.54, 1.807) is 29.3 Å². The summed E-state index contributed by atoms with van der Waals surface area (Å²) < 4.78 is 1.65. The highest BCUT2D eigenvalue weighted by Gasteiger charge is 2.17. The summed E-state index contributed by atoms with van der Waals surface area (Å²) in [5, 5.41) is 18.2. The van der Waals surface area contributed by atoms with E-state index in [0.29, 0.717) is 17.7 Å². The van der Waals surface area contributed by atoms with Crippen LogP contribution in [0.5, 0.6) is 0 Å². The molecule has 118 valence electrons. The highest BCUT2D eigenvalue weighted by molar-refractivity contribution is 7.13. The summed E-state index contributed by atoms with van der Waals surface area (Å²) in [5.41, 5.74) is 3.00. The van der Waals surface area contributed by atoms with E-state index in [4.69, 9.17) is 5.11 Å². The Balaban J connectivity index is 1.81. The van der Waals surface area contributed by atoms with Gasteiger partial charge in [0.1, 0.15) is 5.69 Å². The van der Waals surface area contributed by atoms with Gasteiger partial charge in [0.2, 0.25) is 0 Å². The van der Waals surface area contributed by atoms with Crippen LogP contribution in [-0.2, 0) is 13.5 Å². The fraction of sp³-hybridized carbons (Fsp3) is 0.176. The third kappa shape index (κ3) is 3.49. The van der Waals surface area contributed by atoms with Crippen LogP contribution in [0.3, 0.4) is 0 Å². The van der Waals surface area contributed by atoms with Crippen molar-refractivity contribution < 1.29 is 9.90 Å².